The first-order valence-electron chi connectivity index (χ1n) is 6.59. The summed E-state index contributed by atoms with van der Waals surface area (Å²) in [4.78, 5) is 16.4. The van der Waals surface area contributed by atoms with E-state index in [2.05, 4.69) is 20.8 Å². The van der Waals surface area contributed by atoms with Crippen molar-refractivity contribution in [3.8, 4) is 0 Å². The number of nitrogens with zero attached hydrogens (tertiary/aromatic N) is 2. The first-order valence-corrected chi connectivity index (χ1v) is 6.59. The number of aromatic nitrogens is 2. The van der Waals surface area contributed by atoms with Gasteiger partial charge in [0.1, 0.15) is 0 Å². The Bertz CT molecular complexity index is 623. The fourth-order valence-corrected chi connectivity index (χ4v) is 2.43. The molecule has 6 nitrogen and oxygen atoms in total. The van der Waals surface area contributed by atoms with Crippen molar-refractivity contribution in [3.05, 3.63) is 47.1 Å². The number of benzene rings is 1. The van der Waals surface area contributed by atoms with Crippen LogP contribution < -0.4 is 10.6 Å². The summed E-state index contributed by atoms with van der Waals surface area (Å²) in [5.41, 5.74) is 2.26. The van der Waals surface area contributed by atoms with Gasteiger partial charge in [-0.2, -0.15) is 4.98 Å². The molecule has 6 heteroatoms. The van der Waals surface area contributed by atoms with Crippen LogP contribution in [-0.2, 0) is 17.9 Å². The Labute approximate surface area is 116 Å². The molecule has 0 saturated heterocycles. The lowest BCUT2D eigenvalue weighted by atomic mass is 9.90. The fourth-order valence-electron chi connectivity index (χ4n) is 2.43. The van der Waals surface area contributed by atoms with Crippen molar-refractivity contribution in [2.75, 3.05) is 6.54 Å². The van der Waals surface area contributed by atoms with E-state index in [0.29, 0.717) is 18.3 Å². The molecular weight excluding hydrogens is 256 g/mol. The molecule has 1 aromatic heterocycles. The van der Waals surface area contributed by atoms with Gasteiger partial charge in [-0.1, -0.05) is 29.4 Å². The number of hydrogen-bond donors (Lipinski definition) is 2. The number of fused-ring (bicyclic) bond motifs is 1. The first kappa shape index (κ1) is 12.8. The molecule has 0 fully saturated rings. The molecule has 2 aromatic rings. The lowest BCUT2D eigenvalue weighted by Crippen LogP contribution is -2.38. The van der Waals surface area contributed by atoms with Crippen molar-refractivity contribution >= 4 is 5.91 Å². The number of hydrogen-bond acceptors (Lipinski definition) is 5. The zero-order valence-electron chi connectivity index (χ0n) is 11.2. The summed E-state index contributed by atoms with van der Waals surface area (Å²) < 4.78 is 4.98. The van der Waals surface area contributed by atoms with Crippen LogP contribution in [0.25, 0.3) is 0 Å². The zero-order valence-corrected chi connectivity index (χ0v) is 11.2. The average molecular weight is 272 g/mol. The Morgan fingerprint density at radius 1 is 1.50 bits per heavy atom. The van der Waals surface area contributed by atoms with Gasteiger partial charge in [-0.05, 0) is 18.1 Å². The van der Waals surface area contributed by atoms with E-state index in [4.69, 9.17) is 4.52 Å². The molecule has 1 atom stereocenters. The maximum atomic E-state index is 12.3. The van der Waals surface area contributed by atoms with Crippen LogP contribution in [0.15, 0.2) is 28.8 Å². The van der Waals surface area contributed by atoms with E-state index in [9.17, 15) is 4.79 Å². The van der Waals surface area contributed by atoms with Crippen LogP contribution >= 0.6 is 0 Å². The molecule has 1 unspecified atom stereocenters. The molecule has 1 aliphatic rings. The lowest BCUT2D eigenvalue weighted by Gasteiger charge is -2.25. The maximum Gasteiger partial charge on any atom is 0.246 e. The van der Waals surface area contributed by atoms with Crippen LogP contribution in [0.2, 0.25) is 0 Å². The molecule has 104 valence electrons. The summed E-state index contributed by atoms with van der Waals surface area (Å²) in [6.45, 7) is 3.46. The second-order valence-corrected chi connectivity index (χ2v) is 4.84. The molecule has 2 N–H and O–H groups in total. The molecule has 0 saturated carbocycles. The van der Waals surface area contributed by atoms with E-state index in [1.54, 1.807) is 6.92 Å². The van der Waals surface area contributed by atoms with E-state index in [1.165, 1.54) is 5.56 Å². The standard InChI is InChI=1S/C14H16N4O2/c1-9-17-13(20-18-9)8-16-14(19)12-7-15-6-10-4-2-3-5-11(10)12/h2-5,12,15H,6-8H2,1H3,(H,16,19). The smallest absolute Gasteiger partial charge is 0.246 e. The summed E-state index contributed by atoms with van der Waals surface area (Å²) in [6.07, 6.45) is 0. The van der Waals surface area contributed by atoms with E-state index < -0.39 is 0 Å². The Morgan fingerprint density at radius 2 is 2.35 bits per heavy atom. The molecule has 3 rings (SSSR count). The molecular formula is C14H16N4O2. The van der Waals surface area contributed by atoms with Gasteiger partial charge < -0.3 is 15.2 Å². The molecule has 1 aliphatic heterocycles. The minimum absolute atomic E-state index is 0.0273. The van der Waals surface area contributed by atoms with Crippen molar-refractivity contribution in [1.29, 1.82) is 0 Å². The normalized spacial score (nSPS) is 17.6. The highest BCUT2D eigenvalue weighted by Crippen LogP contribution is 2.23. The summed E-state index contributed by atoms with van der Waals surface area (Å²) in [5, 5.41) is 9.80. The Morgan fingerprint density at radius 3 is 3.15 bits per heavy atom. The minimum Gasteiger partial charge on any atom is -0.346 e. The van der Waals surface area contributed by atoms with Crippen molar-refractivity contribution in [2.24, 2.45) is 0 Å². The Kier molecular flexibility index (Phi) is 3.47. The SMILES string of the molecule is Cc1noc(CNC(=O)C2CNCc3ccccc32)n1. The summed E-state index contributed by atoms with van der Waals surface area (Å²) >= 11 is 0. The largest absolute Gasteiger partial charge is 0.346 e. The van der Waals surface area contributed by atoms with Crippen molar-refractivity contribution in [3.63, 3.8) is 0 Å². The molecule has 1 aromatic carbocycles. The molecule has 0 radical (unpaired) electrons. The number of rotatable bonds is 3. The van der Waals surface area contributed by atoms with Crippen LogP contribution in [0.1, 0.15) is 28.8 Å². The number of aryl methyl sites for hydroxylation is 1. The van der Waals surface area contributed by atoms with Gasteiger partial charge in [-0.3, -0.25) is 4.79 Å². The van der Waals surface area contributed by atoms with Crippen LogP contribution in [0, 0.1) is 6.92 Å². The molecule has 1 amide bonds. The van der Waals surface area contributed by atoms with Gasteiger partial charge >= 0.3 is 0 Å². The van der Waals surface area contributed by atoms with Crippen LogP contribution in [-0.4, -0.2) is 22.6 Å². The number of carbonyl (C=O) groups excluding carboxylic acids is 1. The molecule has 0 bridgehead atoms. The predicted octanol–water partition coefficient (Wildman–Crippen LogP) is 0.881. The second kappa shape index (κ2) is 5.42. The predicted molar refractivity (Wildman–Crippen MR) is 71.8 cm³/mol. The van der Waals surface area contributed by atoms with Gasteiger partial charge in [0.25, 0.3) is 0 Å². The average Bonchev–Trinajstić information content (AvgIpc) is 2.90. The highest BCUT2D eigenvalue weighted by molar-refractivity contribution is 5.84. The van der Waals surface area contributed by atoms with Gasteiger partial charge in [-0.15, -0.1) is 0 Å². The number of amides is 1. The van der Waals surface area contributed by atoms with Gasteiger partial charge in [0.15, 0.2) is 5.82 Å². The third-order valence-corrected chi connectivity index (χ3v) is 3.39. The van der Waals surface area contributed by atoms with Crippen LogP contribution in [0.3, 0.4) is 0 Å². The van der Waals surface area contributed by atoms with E-state index in [-0.39, 0.29) is 18.4 Å². The minimum atomic E-state index is -0.177. The maximum absolute atomic E-state index is 12.3. The van der Waals surface area contributed by atoms with Crippen molar-refractivity contribution < 1.29 is 9.32 Å². The van der Waals surface area contributed by atoms with Crippen LogP contribution in [0.4, 0.5) is 0 Å². The fraction of sp³-hybridized carbons (Fsp3) is 0.357. The van der Waals surface area contributed by atoms with Crippen molar-refractivity contribution in [2.45, 2.75) is 25.9 Å². The topological polar surface area (TPSA) is 80.0 Å². The summed E-state index contributed by atoms with van der Waals surface area (Å²) in [5.74, 6) is 0.788. The highest BCUT2D eigenvalue weighted by atomic mass is 16.5. The van der Waals surface area contributed by atoms with Gasteiger partial charge in [0.05, 0.1) is 12.5 Å². The van der Waals surface area contributed by atoms with E-state index in [0.717, 1.165) is 12.1 Å². The second-order valence-electron chi connectivity index (χ2n) is 4.84. The summed E-state index contributed by atoms with van der Waals surface area (Å²) in [6, 6.07) is 8.01. The quantitative estimate of drug-likeness (QED) is 0.867. The monoisotopic (exact) mass is 272 g/mol. The van der Waals surface area contributed by atoms with Gasteiger partial charge in [-0.25, -0.2) is 0 Å². The molecule has 0 aliphatic carbocycles. The van der Waals surface area contributed by atoms with E-state index in [1.807, 2.05) is 24.3 Å². The number of nitrogens with one attached hydrogen (secondary N) is 2. The lowest BCUT2D eigenvalue weighted by molar-refractivity contribution is -0.122. The summed E-state index contributed by atoms with van der Waals surface area (Å²) in [7, 11) is 0. The van der Waals surface area contributed by atoms with Gasteiger partial charge in [0, 0.05) is 13.1 Å². The molecule has 20 heavy (non-hydrogen) atoms. The zero-order chi connectivity index (χ0) is 13.9. The Hall–Kier alpha value is -2.21. The van der Waals surface area contributed by atoms with E-state index >= 15 is 0 Å². The third kappa shape index (κ3) is 2.55. The van der Waals surface area contributed by atoms with Crippen molar-refractivity contribution in [1.82, 2.24) is 20.8 Å². The Balaban J connectivity index is 1.69. The van der Waals surface area contributed by atoms with Gasteiger partial charge in [0.2, 0.25) is 11.8 Å². The van der Waals surface area contributed by atoms with Crippen LogP contribution in [0.5, 0.6) is 0 Å². The number of carbonyl (C=O) groups is 1. The molecule has 2 heterocycles. The highest BCUT2D eigenvalue weighted by Gasteiger charge is 2.25. The third-order valence-electron chi connectivity index (χ3n) is 3.39. The molecule has 0 spiro atoms. The first-order chi connectivity index (χ1) is 9.74.